The van der Waals surface area contributed by atoms with Gasteiger partial charge in [-0.1, -0.05) is 29.4 Å². The summed E-state index contributed by atoms with van der Waals surface area (Å²) < 4.78 is 4.98. The molecule has 2 aromatic rings. The largest absolute Gasteiger partial charge is 0.461 e. The van der Waals surface area contributed by atoms with Gasteiger partial charge in [0.1, 0.15) is 0 Å². The standard InChI is InChI=1S/C23H26N4O5/c1-2-31-23(28)21-15-22(32-24-21)18-5-9-19(10-6-18)26-13-11-25(12-14-26)16-17-3-7-20(8-4-17)27(29)30/h3-10,22H,2,11-16H2,1H3. The Morgan fingerprint density at radius 2 is 1.81 bits per heavy atom. The molecule has 0 amide bonds. The van der Waals surface area contributed by atoms with Crippen molar-refractivity contribution >= 4 is 23.1 Å². The number of carbonyl (C=O) groups is 1. The quantitative estimate of drug-likeness (QED) is 0.372. The summed E-state index contributed by atoms with van der Waals surface area (Å²) in [6.07, 6.45) is 0.154. The zero-order chi connectivity index (χ0) is 22.5. The summed E-state index contributed by atoms with van der Waals surface area (Å²) in [5.74, 6) is -0.418. The lowest BCUT2D eigenvalue weighted by molar-refractivity contribution is -0.384. The number of nitrogens with zero attached hydrogens (tertiary/aromatic N) is 4. The van der Waals surface area contributed by atoms with Crippen molar-refractivity contribution in [2.45, 2.75) is 26.0 Å². The Balaban J connectivity index is 1.27. The molecule has 0 spiro atoms. The predicted molar refractivity (Wildman–Crippen MR) is 120 cm³/mol. The summed E-state index contributed by atoms with van der Waals surface area (Å²) in [5, 5.41) is 14.7. The predicted octanol–water partition coefficient (Wildman–Crippen LogP) is 3.30. The lowest BCUT2D eigenvalue weighted by Gasteiger charge is -2.36. The minimum absolute atomic E-state index is 0.119. The van der Waals surface area contributed by atoms with Crippen LogP contribution in [0.4, 0.5) is 11.4 Å². The van der Waals surface area contributed by atoms with Gasteiger partial charge in [-0.25, -0.2) is 4.79 Å². The zero-order valence-corrected chi connectivity index (χ0v) is 18.0. The number of rotatable bonds is 7. The van der Waals surface area contributed by atoms with Crippen LogP contribution in [-0.4, -0.2) is 54.3 Å². The maximum absolute atomic E-state index is 11.8. The van der Waals surface area contributed by atoms with Crippen molar-refractivity contribution in [2.75, 3.05) is 37.7 Å². The monoisotopic (exact) mass is 438 g/mol. The Kier molecular flexibility index (Phi) is 6.65. The van der Waals surface area contributed by atoms with E-state index >= 15 is 0 Å². The highest BCUT2D eigenvalue weighted by molar-refractivity contribution is 6.36. The second-order valence-electron chi connectivity index (χ2n) is 7.83. The van der Waals surface area contributed by atoms with Crippen LogP contribution in [0.2, 0.25) is 0 Å². The average molecular weight is 438 g/mol. The van der Waals surface area contributed by atoms with Crippen LogP contribution in [0, 0.1) is 10.1 Å². The molecule has 0 N–H and O–H groups in total. The van der Waals surface area contributed by atoms with Crippen LogP contribution < -0.4 is 4.90 Å². The van der Waals surface area contributed by atoms with E-state index in [9.17, 15) is 14.9 Å². The van der Waals surface area contributed by atoms with Gasteiger partial charge in [-0.2, -0.15) is 0 Å². The second kappa shape index (κ2) is 9.78. The van der Waals surface area contributed by atoms with Crippen molar-refractivity contribution in [2.24, 2.45) is 5.16 Å². The summed E-state index contributed by atoms with van der Waals surface area (Å²) in [6, 6.07) is 15.0. The number of ether oxygens (including phenoxy) is 1. The summed E-state index contributed by atoms with van der Waals surface area (Å²) in [7, 11) is 0. The molecule has 9 heteroatoms. The highest BCUT2D eigenvalue weighted by Crippen LogP contribution is 2.29. The van der Waals surface area contributed by atoms with E-state index in [1.807, 2.05) is 24.3 Å². The van der Waals surface area contributed by atoms with Gasteiger partial charge in [0.25, 0.3) is 5.69 Å². The number of piperazine rings is 1. The molecule has 1 unspecified atom stereocenters. The Morgan fingerprint density at radius 1 is 1.12 bits per heavy atom. The Hall–Kier alpha value is -3.46. The Bertz CT molecular complexity index is 982. The fraction of sp³-hybridized carbons (Fsp3) is 0.391. The Labute approximate surface area is 186 Å². The third kappa shape index (κ3) is 5.05. The highest BCUT2D eigenvalue weighted by Gasteiger charge is 2.28. The van der Waals surface area contributed by atoms with E-state index in [0.29, 0.717) is 18.7 Å². The van der Waals surface area contributed by atoms with E-state index in [1.54, 1.807) is 19.1 Å². The van der Waals surface area contributed by atoms with Crippen LogP contribution in [0.1, 0.15) is 30.6 Å². The number of benzene rings is 2. The maximum atomic E-state index is 11.8. The van der Waals surface area contributed by atoms with E-state index in [0.717, 1.165) is 49.5 Å². The van der Waals surface area contributed by atoms with Crippen molar-refractivity contribution in [1.82, 2.24) is 4.90 Å². The lowest BCUT2D eigenvalue weighted by atomic mass is 10.0. The van der Waals surface area contributed by atoms with E-state index in [2.05, 4.69) is 27.1 Å². The van der Waals surface area contributed by atoms with Gasteiger partial charge < -0.3 is 14.5 Å². The van der Waals surface area contributed by atoms with Crippen molar-refractivity contribution in [3.05, 3.63) is 69.8 Å². The number of nitro benzene ring substituents is 1. The Morgan fingerprint density at radius 3 is 2.44 bits per heavy atom. The van der Waals surface area contributed by atoms with Gasteiger partial charge >= 0.3 is 5.97 Å². The molecular formula is C23H26N4O5. The van der Waals surface area contributed by atoms with Gasteiger partial charge in [0.15, 0.2) is 11.8 Å². The molecule has 1 atom stereocenters. The SMILES string of the molecule is CCOC(=O)C1=NOC(c2ccc(N3CCN(Cc4ccc([N+](=O)[O-])cc4)CC3)cc2)C1. The number of hydrogen-bond acceptors (Lipinski definition) is 8. The smallest absolute Gasteiger partial charge is 0.356 e. The first-order chi connectivity index (χ1) is 15.5. The van der Waals surface area contributed by atoms with Crippen LogP contribution in [-0.2, 0) is 20.9 Å². The summed E-state index contributed by atoms with van der Waals surface area (Å²) in [5.41, 5.74) is 3.65. The van der Waals surface area contributed by atoms with Crippen LogP contribution in [0.15, 0.2) is 53.7 Å². The van der Waals surface area contributed by atoms with E-state index in [1.165, 1.54) is 0 Å². The summed E-state index contributed by atoms with van der Waals surface area (Å²) in [4.78, 5) is 32.3. The fourth-order valence-electron chi connectivity index (χ4n) is 3.94. The van der Waals surface area contributed by atoms with Crippen molar-refractivity contribution < 1.29 is 19.3 Å². The molecule has 168 valence electrons. The van der Waals surface area contributed by atoms with Crippen LogP contribution >= 0.6 is 0 Å². The molecule has 1 fully saturated rings. The molecule has 32 heavy (non-hydrogen) atoms. The van der Waals surface area contributed by atoms with E-state index in [-0.39, 0.29) is 16.7 Å². The molecule has 2 heterocycles. The van der Waals surface area contributed by atoms with Crippen LogP contribution in [0.3, 0.4) is 0 Å². The van der Waals surface area contributed by atoms with Gasteiger partial charge in [-0.05, 0) is 30.2 Å². The van der Waals surface area contributed by atoms with Gasteiger partial charge in [0.05, 0.1) is 11.5 Å². The highest BCUT2D eigenvalue weighted by atomic mass is 16.6. The van der Waals surface area contributed by atoms with Crippen LogP contribution in [0.5, 0.6) is 0 Å². The molecule has 0 bridgehead atoms. The van der Waals surface area contributed by atoms with Crippen LogP contribution in [0.25, 0.3) is 0 Å². The number of carbonyl (C=O) groups excluding carboxylic acids is 1. The normalized spacial score (nSPS) is 18.7. The van der Waals surface area contributed by atoms with E-state index in [4.69, 9.17) is 9.57 Å². The molecule has 4 rings (SSSR count). The molecule has 0 aromatic heterocycles. The summed E-state index contributed by atoms with van der Waals surface area (Å²) >= 11 is 0. The number of nitro groups is 1. The fourth-order valence-corrected chi connectivity index (χ4v) is 3.94. The van der Waals surface area contributed by atoms with Gasteiger partial charge in [0, 0.05) is 57.0 Å². The number of hydrogen-bond donors (Lipinski definition) is 0. The molecule has 2 aliphatic heterocycles. The van der Waals surface area contributed by atoms with Gasteiger partial charge in [-0.3, -0.25) is 15.0 Å². The zero-order valence-electron chi connectivity index (χ0n) is 18.0. The van der Waals surface area contributed by atoms with Crippen molar-refractivity contribution in [3.63, 3.8) is 0 Å². The van der Waals surface area contributed by atoms with Gasteiger partial charge in [0.2, 0.25) is 0 Å². The third-order valence-electron chi connectivity index (χ3n) is 5.74. The minimum atomic E-state index is -0.418. The molecule has 0 radical (unpaired) electrons. The molecule has 1 saturated heterocycles. The molecule has 0 aliphatic carbocycles. The van der Waals surface area contributed by atoms with E-state index < -0.39 is 5.97 Å². The van der Waals surface area contributed by atoms with Crippen molar-refractivity contribution in [1.29, 1.82) is 0 Å². The first-order valence-electron chi connectivity index (χ1n) is 10.7. The average Bonchev–Trinajstić information content (AvgIpc) is 3.31. The molecule has 0 saturated carbocycles. The number of oxime groups is 1. The topological polar surface area (TPSA) is 97.5 Å². The second-order valence-corrected chi connectivity index (χ2v) is 7.83. The first-order valence-corrected chi connectivity index (χ1v) is 10.7. The summed E-state index contributed by atoms with van der Waals surface area (Å²) in [6.45, 7) is 6.51. The lowest BCUT2D eigenvalue weighted by Crippen LogP contribution is -2.45. The first kappa shape index (κ1) is 21.8. The molecule has 2 aliphatic rings. The molecule has 9 nitrogen and oxygen atoms in total. The van der Waals surface area contributed by atoms with Crippen molar-refractivity contribution in [3.8, 4) is 0 Å². The number of non-ortho nitro benzene ring substituents is 1. The number of esters is 1. The molecule has 2 aromatic carbocycles. The third-order valence-corrected chi connectivity index (χ3v) is 5.74. The number of anilines is 1. The maximum Gasteiger partial charge on any atom is 0.356 e. The van der Waals surface area contributed by atoms with Gasteiger partial charge in [-0.15, -0.1) is 0 Å². The molecular weight excluding hydrogens is 412 g/mol. The minimum Gasteiger partial charge on any atom is -0.461 e.